The molecule has 1 aliphatic rings. The zero-order valence-corrected chi connectivity index (χ0v) is 23.5. The maximum absolute atomic E-state index is 13.3. The number of nitrogens with zero attached hydrogens (tertiary/aromatic N) is 1. The van der Waals surface area contributed by atoms with Crippen molar-refractivity contribution >= 4 is 64.4 Å². The van der Waals surface area contributed by atoms with E-state index in [1.807, 2.05) is 36.4 Å². The average Bonchev–Trinajstić information content (AvgIpc) is 2.95. The predicted molar refractivity (Wildman–Crippen MR) is 158 cm³/mol. The number of carbonyl (C=O) groups is 3. The lowest BCUT2D eigenvalue weighted by Crippen LogP contribution is -2.54. The minimum Gasteiger partial charge on any atom is -0.489 e. The van der Waals surface area contributed by atoms with Crippen LogP contribution in [0.15, 0.2) is 96.6 Å². The maximum atomic E-state index is 13.3. The number of ether oxygens (including phenoxy) is 2. The summed E-state index contributed by atoms with van der Waals surface area (Å²) in [4.78, 5) is 39.4. The molecule has 1 fully saturated rings. The van der Waals surface area contributed by atoms with E-state index in [1.54, 1.807) is 42.5 Å². The lowest BCUT2D eigenvalue weighted by molar-refractivity contribution is -0.122. The molecule has 41 heavy (non-hydrogen) atoms. The smallest absolute Gasteiger partial charge is 0.335 e. The molecule has 1 aliphatic heterocycles. The molecule has 4 amide bonds. The van der Waals surface area contributed by atoms with Crippen LogP contribution in [0.4, 0.5) is 10.5 Å². The van der Waals surface area contributed by atoms with Crippen molar-refractivity contribution < 1.29 is 23.9 Å². The molecular formula is C31H21Cl3N2O5. The van der Waals surface area contributed by atoms with Gasteiger partial charge >= 0.3 is 6.03 Å². The number of amides is 4. The lowest BCUT2D eigenvalue weighted by Gasteiger charge is -2.26. The van der Waals surface area contributed by atoms with Gasteiger partial charge < -0.3 is 9.47 Å². The molecule has 0 bridgehead atoms. The van der Waals surface area contributed by atoms with Crippen LogP contribution in [0.5, 0.6) is 11.5 Å². The van der Waals surface area contributed by atoms with Crippen LogP contribution in [-0.2, 0) is 22.8 Å². The molecule has 0 saturated carbocycles. The number of benzene rings is 4. The number of halogens is 3. The summed E-state index contributed by atoms with van der Waals surface area (Å²) in [5, 5.41) is 3.12. The molecule has 7 nitrogen and oxygen atoms in total. The van der Waals surface area contributed by atoms with Crippen LogP contribution in [0.1, 0.15) is 16.7 Å². The second-order valence-corrected chi connectivity index (χ2v) is 10.2. The number of rotatable bonds is 8. The number of barbiturate groups is 1. The minimum absolute atomic E-state index is 0.175. The third kappa shape index (κ3) is 6.72. The third-order valence-corrected chi connectivity index (χ3v) is 6.85. The van der Waals surface area contributed by atoms with Crippen LogP contribution in [0.2, 0.25) is 15.1 Å². The summed E-state index contributed by atoms with van der Waals surface area (Å²) in [5.74, 6) is -0.852. The van der Waals surface area contributed by atoms with Gasteiger partial charge in [-0.3, -0.25) is 14.9 Å². The van der Waals surface area contributed by atoms with Gasteiger partial charge in [-0.2, -0.15) is 0 Å². The molecule has 1 saturated heterocycles. The summed E-state index contributed by atoms with van der Waals surface area (Å²) in [5.41, 5.74) is 2.18. The van der Waals surface area contributed by atoms with E-state index < -0.39 is 17.8 Å². The van der Waals surface area contributed by atoms with Crippen LogP contribution in [-0.4, -0.2) is 17.8 Å². The van der Waals surface area contributed by atoms with Gasteiger partial charge in [0.2, 0.25) is 0 Å². The summed E-state index contributed by atoms with van der Waals surface area (Å²) in [6, 6.07) is 25.3. The molecular weight excluding hydrogens is 587 g/mol. The summed E-state index contributed by atoms with van der Waals surface area (Å²) >= 11 is 18.9. The van der Waals surface area contributed by atoms with Crippen molar-refractivity contribution in [3.05, 3.63) is 128 Å². The Morgan fingerprint density at radius 1 is 0.732 bits per heavy atom. The molecule has 206 valence electrons. The van der Waals surface area contributed by atoms with Crippen molar-refractivity contribution in [3.8, 4) is 11.5 Å². The van der Waals surface area contributed by atoms with Gasteiger partial charge in [0.25, 0.3) is 11.8 Å². The molecule has 0 unspecified atom stereocenters. The summed E-state index contributed by atoms with van der Waals surface area (Å²) in [6.45, 7) is 0.536. The van der Waals surface area contributed by atoms with Gasteiger partial charge in [-0.15, -0.1) is 0 Å². The molecule has 5 rings (SSSR count). The fraction of sp³-hybridized carbons (Fsp3) is 0.0645. The van der Waals surface area contributed by atoms with E-state index in [0.717, 1.165) is 16.0 Å². The van der Waals surface area contributed by atoms with E-state index in [0.29, 0.717) is 22.9 Å². The van der Waals surface area contributed by atoms with E-state index >= 15 is 0 Å². The fourth-order valence-corrected chi connectivity index (χ4v) is 4.90. The summed E-state index contributed by atoms with van der Waals surface area (Å²) in [6.07, 6.45) is 1.31. The Bertz CT molecular complexity index is 1630. The van der Waals surface area contributed by atoms with Gasteiger partial charge in [-0.25, -0.2) is 9.69 Å². The Balaban J connectivity index is 1.32. The topological polar surface area (TPSA) is 84.9 Å². The highest BCUT2D eigenvalue weighted by molar-refractivity contribution is 6.40. The first-order valence-corrected chi connectivity index (χ1v) is 13.5. The predicted octanol–water partition coefficient (Wildman–Crippen LogP) is 7.47. The van der Waals surface area contributed by atoms with Gasteiger partial charge in [0.1, 0.15) is 24.5 Å². The van der Waals surface area contributed by atoms with E-state index in [-0.39, 0.29) is 33.7 Å². The van der Waals surface area contributed by atoms with Crippen molar-refractivity contribution in [1.29, 1.82) is 0 Å². The number of hydrogen-bond donors (Lipinski definition) is 1. The number of carbonyl (C=O) groups excluding carboxylic acids is 3. The SMILES string of the molecule is O=C1NC(=O)N(c2ccc(OCc3ccccc3)cc2)C(=O)/C1=C/c1cc(Cl)c(OCc2cccc(Cl)c2)c(Cl)c1. The molecule has 1 N–H and O–H groups in total. The third-order valence-electron chi connectivity index (χ3n) is 6.05. The Hall–Kier alpha value is -4.30. The fourth-order valence-electron chi connectivity index (χ4n) is 4.07. The molecule has 4 aromatic rings. The second kappa shape index (κ2) is 12.5. The summed E-state index contributed by atoms with van der Waals surface area (Å²) in [7, 11) is 0. The molecule has 4 aromatic carbocycles. The number of urea groups is 1. The molecule has 0 aromatic heterocycles. The average molecular weight is 608 g/mol. The molecule has 1 heterocycles. The van der Waals surface area contributed by atoms with E-state index in [9.17, 15) is 14.4 Å². The standard InChI is InChI=1S/C31H21Cl3N2O5/c32-22-8-4-7-20(13-22)18-41-28-26(33)15-21(16-27(28)34)14-25-29(37)35-31(39)36(30(25)38)23-9-11-24(12-10-23)40-17-19-5-2-1-3-6-19/h1-16H,17-18H2,(H,35,37,39)/b25-14+. The highest BCUT2D eigenvalue weighted by Gasteiger charge is 2.37. The Kier molecular flexibility index (Phi) is 8.59. The van der Waals surface area contributed by atoms with Crippen LogP contribution in [0.3, 0.4) is 0 Å². The monoisotopic (exact) mass is 606 g/mol. The minimum atomic E-state index is -0.865. The van der Waals surface area contributed by atoms with E-state index in [4.69, 9.17) is 44.3 Å². The van der Waals surface area contributed by atoms with Gasteiger partial charge in [-0.1, -0.05) is 77.3 Å². The number of anilines is 1. The van der Waals surface area contributed by atoms with Crippen LogP contribution < -0.4 is 19.7 Å². The van der Waals surface area contributed by atoms with Gasteiger partial charge in [0.05, 0.1) is 15.7 Å². The molecule has 0 radical (unpaired) electrons. The highest BCUT2D eigenvalue weighted by Crippen LogP contribution is 2.36. The summed E-state index contributed by atoms with van der Waals surface area (Å²) < 4.78 is 11.6. The molecule has 0 atom stereocenters. The van der Waals surface area contributed by atoms with Crippen molar-refractivity contribution in [2.75, 3.05) is 4.90 Å². The normalized spacial score (nSPS) is 14.3. The number of nitrogens with one attached hydrogen (secondary N) is 1. The van der Waals surface area contributed by atoms with Gasteiger partial charge in [0.15, 0.2) is 5.75 Å². The number of imide groups is 2. The Morgan fingerprint density at radius 2 is 1.39 bits per heavy atom. The lowest BCUT2D eigenvalue weighted by atomic mass is 10.1. The highest BCUT2D eigenvalue weighted by atomic mass is 35.5. The largest absolute Gasteiger partial charge is 0.489 e. The first-order valence-electron chi connectivity index (χ1n) is 12.3. The molecule has 10 heteroatoms. The zero-order valence-electron chi connectivity index (χ0n) is 21.3. The van der Waals surface area contributed by atoms with E-state index in [2.05, 4.69) is 5.32 Å². The van der Waals surface area contributed by atoms with Crippen molar-refractivity contribution in [2.24, 2.45) is 0 Å². The maximum Gasteiger partial charge on any atom is 0.335 e. The molecule has 0 aliphatic carbocycles. The Morgan fingerprint density at radius 3 is 2.07 bits per heavy atom. The van der Waals surface area contributed by atoms with Crippen LogP contribution in [0, 0.1) is 0 Å². The van der Waals surface area contributed by atoms with Gasteiger partial charge in [0, 0.05) is 5.02 Å². The van der Waals surface area contributed by atoms with E-state index in [1.165, 1.54) is 18.2 Å². The van der Waals surface area contributed by atoms with Gasteiger partial charge in [-0.05, 0) is 71.3 Å². The first-order chi connectivity index (χ1) is 19.8. The van der Waals surface area contributed by atoms with Crippen molar-refractivity contribution in [3.63, 3.8) is 0 Å². The Labute approximate surface area is 250 Å². The van der Waals surface area contributed by atoms with Crippen LogP contribution in [0.25, 0.3) is 6.08 Å². The first kappa shape index (κ1) is 28.2. The second-order valence-electron chi connectivity index (χ2n) is 8.96. The van der Waals surface area contributed by atoms with Crippen molar-refractivity contribution in [1.82, 2.24) is 5.32 Å². The number of hydrogen-bond acceptors (Lipinski definition) is 5. The quantitative estimate of drug-likeness (QED) is 0.166. The van der Waals surface area contributed by atoms with Crippen LogP contribution >= 0.6 is 34.8 Å². The zero-order chi connectivity index (χ0) is 28.9. The van der Waals surface area contributed by atoms with Crippen molar-refractivity contribution in [2.45, 2.75) is 13.2 Å². The molecule has 0 spiro atoms.